The highest BCUT2D eigenvalue weighted by atomic mass is 31.2. The molecule has 0 heterocycles. The molecule has 2 aromatic rings. The summed E-state index contributed by atoms with van der Waals surface area (Å²) in [5, 5.41) is 2.79. The lowest BCUT2D eigenvalue weighted by Crippen LogP contribution is -2.20. The smallest absolute Gasteiger partial charge is 0.126 e. The molecular weight excluding hydrogens is 270 g/mol. The van der Waals surface area contributed by atoms with Crippen LogP contribution in [0.5, 0.6) is 0 Å². The van der Waals surface area contributed by atoms with Crippen molar-refractivity contribution in [2.24, 2.45) is 0 Å². The van der Waals surface area contributed by atoms with Crippen molar-refractivity contribution in [2.45, 2.75) is 44.2 Å². The quantitative estimate of drug-likeness (QED) is 0.569. The summed E-state index contributed by atoms with van der Waals surface area (Å²) in [4.78, 5) is 0. The molecule has 0 N–H and O–H groups in total. The van der Waals surface area contributed by atoms with Crippen LogP contribution in [0.15, 0.2) is 42.5 Å². The lowest BCUT2D eigenvalue weighted by Gasteiger charge is -2.37. The summed E-state index contributed by atoms with van der Waals surface area (Å²) in [5.74, 6) is 0. The molecule has 0 aliphatic heterocycles. The predicted molar refractivity (Wildman–Crippen MR) is 102 cm³/mol. The molecule has 1 saturated carbocycles. The number of rotatable bonds is 4. The van der Waals surface area contributed by atoms with Crippen LogP contribution in [0.2, 0.25) is 0 Å². The third-order valence-corrected chi connectivity index (χ3v) is 7.46. The van der Waals surface area contributed by atoms with Crippen LogP contribution in [0.25, 0.3) is 10.8 Å². The summed E-state index contributed by atoms with van der Waals surface area (Å²) in [5.41, 5.74) is 2.72. The second kappa shape index (κ2) is 6.53. The Hall–Kier alpha value is -0.805. The van der Waals surface area contributed by atoms with Crippen molar-refractivity contribution < 1.29 is 0 Å². The SMILES string of the molecule is [BH3-][P+](C)(CCc1ccc2ccccc2c1)C1CCCCC1. The first-order chi connectivity index (χ1) is 10.1. The third-order valence-electron chi connectivity index (χ3n) is 4.77. The largest absolute Gasteiger partial charge is 0.158 e. The molecule has 0 saturated heterocycles. The minimum absolute atomic E-state index is 0.494. The normalized spacial score (nSPS) is 19.5. The Balaban J connectivity index is 1.67. The van der Waals surface area contributed by atoms with Crippen LogP contribution in [0.3, 0.4) is 0 Å². The van der Waals surface area contributed by atoms with Crippen molar-refractivity contribution in [2.75, 3.05) is 12.8 Å². The zero-order valence-corrected chi connectivity index (χ0v) is 13.4. The van der Waals surface area contributed by atoms with Gasteiger partial charge in [-0.2, -0.15) is 7.14 Å². The highest BCUT2D eigenvalue weighted by molar-refractivity contribution is 7.97. The fraction of sp³-hybridized carbons (Fsp3) is 0.474. The summed E-state index contributed by atoms with van der Waals surface area (Å²) < 4.78 is 0. The predicted octanol–water partition coefficient (Wildman–Crippen LogP) is 4.64. The van der Waals surface area contributed by atoms with Crippen LogP contribution in [-0.2, 0) is 6.42 Å². The second-order valence-electron chi connectivity index (χ2n) is 6.20. The van der Waals surface area contributed by atoms with Crippen LogP contribution in [0, 0.1) is 0 Å². The van der Waals surface area contributed by atoms with E-state index in [1.165, 1.54) is 42.6 Å². The Morgan fingerprint density at radius 3 is 2.48 bits per heavy atom. The molecule has 0 aromatic heterocycles. The number of fused-ring (bicyclic) bond motifs is 1. The topological polar surface area (TPSA) is 0 Å². The van der Waals surface area contributed by atoms with Crippen molar-refractivity contribution in [1.82, 2.24) is 0 Å². The van der Waals surface area contributed by atoms with Gasteiger partial charge in [0.1, 0.15) is 7.57 Å². The van der Waals surface area contributed by atoms with E-state index >= 15 is 0 Å². The Morgan fingerprint density at radius 1 is 1.00 bits per heavy atom. The van der Waals surface area contributed by atoms with E-state index in [4.69, 9.17) is 0 Å². The van der Waals surface area contributed by atoms with Gasteiger partial charge < -0.3 is 0 Å². The molecule has 3 rings (SSSR count). The maximum absolute atomic E-state index is 2.71. The van der Waals surface area contributed by atoms with E-state index < -0.39 is 7.14 Å². The average molecular weight is 298 g/mol. The summed E-state index contributed by atoms with van der Waals surface area (Å²) in [7, 11) is 0.0265. The molecule has 0 bridgehead atoms. The lowest BCUT2D eigenvalue weighted by molar-refractivity contribution is 0.510. The van der Waals surface area contributed by atoms with Gasteiger partial charge in [-0.05, 0) is 42.0 Å². The van der Waals surface area contributed by atoms with Crippen molar-refractivity contribution in [3.63, 3.8) is 0 Å². The number of hydrogen-bond donors (Lipinski definition) is 0. The molecule has 0 radical (unpaired) electrons. The molecule has 112 valence electrons. The fourth-order valence-electron chi connectivity index (χ4n) is 3.40. The molecule has 21 heavy (non-hydrogen) atoms. The van der Waals surface area contributed by atoms with Gasteiger partial charge in [0, 0.05) is 24.9 Å². The maximum atomic E-state index is 2.71. The first-order valence-corrected chi connectivity index (χ1v) is 10.1. The lowest BCUT2D eigenvalue weighted by atomic mass is 10.0. The van der Waals surface area contributed by atoms with Crippen molar-refractivity contribution in [1.29, 1.82) is 0 Å². The Labute approximate surface area is 131 Å². The fourth-order valence-corrected chi connectivity index (χ4v) is 5.63. The molecule has 1 aliphatic rings. The zero-order valence-electron chi connectivity index (χ0n) is 12.5. The summed E-state index contributed by atoms with van der Waals surface area (Å²) in [6, 6.07) is 15.9. The monoisotopic (exact) mass is 298 g/mol. The molecular formula is C19H28BP. The first kappa shape index (κ1) is 15.1. The van der Waals surface area contributed by atoms with E-state index in [0.717, 1.165) is 5.66 Å². The van der Waals surface area contributed by atoms with Crippen LogP contribution in [0.4, 0.5) is 0 Å². The van der Waals surface area contributed by atoms with E-state index in [0.29, 0.717) is 7.57 Å². The molecule has 1 atom stereocenters. The molecule has 2 aromatic carbocycles. The standard InChI is InChI=1S/C19H28BP/c1-21(20,19-9-3-2-4-10-19)14-13-16-11-12-17-7-5-6-8-18(17)15-16/h5-8,11-12,15,19H,2-4,9-10,13-14H2,1,20H3. The second-order valence-corrected chi connectivity index (χ2v) is 8.90. The van der Waals surface area contributed by atoms with E-state index in [1.807, 2.05) is 0 Å². The van der Waals surface area contributed by atoms with Crippen LogP contribution in [0.1, 0.15) is 37.7 Å². The van der Waals surface area contributed by atoms with Gasteiger partial charge in [0.2, 0.25) is 0 Å². The van der Waals surface area contributed by atoms with Crippen LogP contribution in [-0.4, -0.2) is 26.1 Å². The zero-order chi connectivity index (χ0) is 14.7. The van der Waals surface area contributed by atoms with E-state index in [1.54, 1.807) is 18.4 Å². The summed E-state index contributed by atoms with van der Waals surface area (Å²) >= 11 is 0. The van der Waals surface area contributed by atoms with Gasteiger partial charge in [0.25, 0.3) is 0 Å². The average Bonchev–Trinajstić information content (AvgIpc) is 2.54. The molecule has 1 aliphatic carbocycles. The molecule has 1 unspecified atom stereocenters. The van der Waals surface area contributed by atoms with Gasteiger partial charge in [0.05, 0.1) is 0 Å². The first-order valence-electron chi connectivity index (χ1n) is 8.01. The van der Waals surface area contributed by atoms with Crippen molar-refractivity contribution in [3.8, 4) is 0 Å². The minimum Gasteiger partial charge on any atom is -0.158 e. The van der Waals surface area contributed by atoms with Crippen LogP contribution < -0.4 is 0 Å². The van der Waals surface area contributed by atoms with Crippen molar-refractivity contribution >= 4 is 25.5 Å². The summed E-state index contributed by atoms with van der Waals surface area (Å²) in [6.07, 6.45) is 10.5. The number of benzene rings is 2. The highest BCUT2D eigenvalue weighted by Gasteiger charge is 2.30. The van der Waals surface area contributed by atoms with E-state index in [2.05, 4.69) is 49.1 Å². The van der Waals surface area contributed by atoms with Gasteiger partial charge in [-0.25, -0.2) is 0 Å². The molecule has 0 spiro atoms. The van der Waals surface area contributed by atoms with Gasteiger partial charge in [-0.1, -0.05) is 48.9 Å². The minimum atomic E-state index is -0.494. The van der Waals surface area contributed by atoms with Gasteiger partial charge in [-0.3, -0.25) is 0 Å². The third kappa shape index (κ3) is 3.69. The van der Waals surface area contributed by atoms with Crippen molar-refractivity contribution in [3.05, 3.63) is 48.0 Å². The van der Waals surface area contributed by atoms with E-state index in [9.17, 15) is 0 Å². The number of aryl methyl sites for hydroxylation is 1. The molecule has 0 amide bonds. The van der Waals surface area contributed by atoms with Gasteiger partial charge in [-0.15, -0.1) is 0 Å². The van der Waals surface area contributed by atoms with Crippen LogP contribution >= 0.6 is 7.14 Å². The van der Waals surface area contributed by atoms with Gasteiger partial charge in [0.15, 0.2) is 0 Å². The Bertz CT molecular complexity index is 599. The highest BCUT2D eigenvalue weighted by Crippen LogP contribution is 2.59. The Morgan fingerprint density at radius 2 is 1.71 bits per heavy atom. The summed E-state index contributed by atoms with van der Waals surface area (Å²) in [6.45, 7) is 2.71. The van der Waals surface area contributed by atoms with Gasteiger partial charge >= 0.3 is 0 Å². The molecule has 2 heteroatoms. The molecule has 0 nitrogen and oxygen atoms in total. The maximum Gasteiger partial charge on any atom is 0.126 e. The molecule has 1 fully saturated rings. The Kier molecular flexibility index (Phi) is 4.70. The van der Waals surface area contributed by atoms with E-state index in [-0.39, 0.29) is 0 Å². The number of hydrogen-bond acceptors (Lipinski definition) is 0.